The van der Waals surface area contributed by atoms with Gasteiger partial charge in [0.2, 0.25) is 11.8 Å². The zero-order valence-corrected chi connectivity index (χ0v) is 16.9. The molecule has 3 aromatic rings. The second kappa shape index (κ2) is 8.78. The number of likely N-dealkylation sites (tertiary alicyclic amines) is 1. The van der Waals surface area contributed by atoms with E-state index in [2.05, 4.69) is 38.1 Å². The molecule has 0 aliphatic carbocycles. The van der Waals surface area contributed by atoms with Gasteiger partial charge in [0.25, 0.3) is 0 Å². The Morgan fingerprint density at radius 1 is 1.39 bits per heavy atom. The predicted octanol–water partition coefficient (Wildman–Crippen LogP) is 2.23. The number of H-pyrrole nitrogens is 2. The molecule has 158 valence electrons. The number of fused-ring (bicyclic) bond motifs is 1. The van der Waals surface area contributed by atoms with E-state index in [-0.39, 0.29) is 24.3 Å². The Morgan fingerprint density at radius 3 is 3.06 bits per heavy atom. The normalized spacial score (nSPS) is 16.1. The number of hydrogen-bond acceptors (Lipinski definition) is 5. The van der Waals surface area contributed by atoms with Crippen LogP contribution in [-0.2, 0) is 9.59 Å². The van der Waals surface area contributed by atoms with E-state index in [4.69, 9.17) is 5.41 Å². The lowest BCUT2D eigenvalue weighted by atomic mass is 10.0. The van der Waals surface area contributed by atoms with Gasteiger partial charge in [-0.3, -0.25) is 14.7 Å². The molecule has 2 amide bonds. The first-order valence-electron chi connectivity index (χ1n) is 9.97. The van der Waals surface area contributed by atoms with Crippen LogP contribution in [0.15, 0.2) is 43.3 Å². The minimum atomic E-state index is -0.354. The number of carbonyl (C=O) groups excluding carboxylic acids is 2. The zero-order valence-electron chi connectivity index (χ0n) is 16.9. The van der Waals surface area contributed by atoms with Crippen molar-refractivity contribution in [3.63, 3.8) is 0 Å². The monoisotopic (exact) mass is 417 g/mol. The summed E-state index contributed by atoms with van der Waals surface area (Å²) in [5.74, 6) is -0.288. The topological polar surface area (TPSA) is 131 Å². The average Bonchev–Trinajstić information content (AvgIpc) is 3.53. The number of amides is 2. The first kappa shape index (κ1) is 20.3. The van der Waals surface area contributed by atoms with Crippen LogP contribution < -0.4 is 5.32 Å². The summed E-state index contributed by atoms with van der Waals surface area (Å²) >= 11 is 0. The third-order valence-electron chi connectivity index (χ3n) is 5.45. The number of hydrogen-bond donors (Lipinski definition) is 4. The maximum Gasteiger partial charge on any atom is 0.243 e. The Bertz CT molecular complexity index is 1170. The van der Waals surface area contributed by atoms with Crippen molar-refractivity contribution in [1.82, 2.24) is 30.4 Å². The SMILES string of the molecule is C=CC(=O)NCC(=O)N1CCC(c2cc3c(-c4cn[nH]c4/C=C\C=N)ccnc3[nH]2)C1. The summed E-state index contributed by atoms with van der Waals surface area (Å²) in [6.45, 7) is 4.59. The van der Waals surface area contributed by atoms with Crippen LogP contribution in [0.3, 0.4) is 0 Å². The van der Waals surface area contributed by atoms with Crippen molar-refractivity contribution in [2.45, 2.75) is 12.3 Å². The van der Waals surface area contributed by atoms with Crippen molar-refractivity contribution < 1.29 is 9.59 Å². The number of allylic oxidation sites excluding steroid dienone is 1. The number of aromatic amines is 2. The molecule has 0 bridgehead atoms. The molecule has 3 aromatic heterocycles. The molecule has 1 aliphatic rings. The highest BCUT2D eigenvalue weighted by Gasteiger charge is 2.28. The molecule has 1 saturated heterocycles. The largest absolute Gasteiger partial charge is 0.343 e. The Hall–Kier alpha value is -4.01. The van der Waals surface area contributed by atoms with Crippen LogP contribution in [0.1, 0.15) is 23.7 Å². The van der Waals surface area contributed by atoms with Crippen molar-refractivity contribution in [1.29, 1.82) is 5.41 Å². The Labute approximate surface area is 178 Å². The lowest BCUT2D eigenvalue weighted by Crippen LogP contribution is -2.38. The molecule has 4 N–H and O–H groups in total. The fraction of sp³-hybridized carbons (Fsp3) is 0.227. The van der Waals surface area contributed by atoms with Gasteiger partial charge in [0.05, 0.1) is 18.4 Å². The van der Waals surface area contributed by atoms with Crippen LogP contribution in [0, 0.1) is 5.41 Å². The standard InChI is InChI=1S/C22H23N7O2/c1-2-20(30)25-12-21(31)29-9-6-14(13-29)19-10-16-15(5-8-24-22(16)27-19)17-11-26-28-18(17)4-3-7-23/h2-5,7-8,10-11,14,23H,1,6,9,12-13H2,(H,24,27)(H,25,30)(H,26,28)/b4-3-,23-7?. The van der Waals surface area contributed by atoms with E-state index in [1.54, 1.807) is 29.4 Å². The second-order valence-corrected chi connectivity index (χ2v) is 7.32. The van der Waals surface area contributed by atoms with Gasteiger partial charge in [0.1, 0.15) is 5.65 Å². The Morgan fingerprint density at radius 2 is 2.26 bits per heavy atom. The molecule has 0 saturated carbocycles. The summed E-state index contributed by atoms with van der Waals surface area (Å²) in [6, 6.07) is 4.03. The smallest absolute Gasteiger partial charge is 0.243 e. The summed E-state index contributed by atoms with van der Waals surface area (Å²) in [5, 5.41) is 17.8. The van der Waals surface area contributed by atoms with E-state index in [0.717, 1.165) is 46.0 Å². The third-order valence-corrected chi connectivity index (χ3v) is 5.45. The fourth-order valence-corrected chi connectivity index (χ4v) is 3.87. The summed E-state index contributed by atoms with van der Waals surface area (Å²) in [7, 11) is 0. The summed E-state index contributed by atoms with van der Waals surface area (Å²) in [6.07, 6.45) is 10.2. The van der Waals surface area contributed by atoms with Gasteiger partial charge >= 0.3 is 0 Å². The number of pyridine rings is 1. The minimum absolute atomic E-state index is 0.0253. The molecular weight excluding hydrogens is 394 g/mol. The van der Waals surface area contributed by atoms with Crippen LogP contribution in [0.2, 0.25) is 0 Å². The number of rotatable bonds is 7. The molecule has 1 atom stereocenters. The maximum absolute atomic E-state index is 12.4. The molecule has 1 fully saturated rings. The molecule has 1 unspecified atom stereocenters. The van der Waals surface area contributed by atoms with Gasteiger partial charge in [-0.15, -0.1) is 0 Å². The van der Waals surface area contributed by atoms with Gasteiger partial charge in [0, 0.05) is 48.1 Å². The lowest BCUT2D eigenvalue weighted by Gasteiger charge is -2.16. The van der Waals surface area contributed by atoms with Crippen LogP contribution in [0.25, 0.3) is 28.2 Å². The summed E-state index contributed by atoms with van der Waals surface area (Å²) in [5.41, 5.74) is 4.54. The third kappa shape index (κ3) is 4.16. The molecule has 9 nitrogen and oxygen atoms in total. The zero-order chi connectivity index (χ0) is 21.8. The first-order chi connectivity index (χ1) is 15.1. The molecule has 1 aliphatic heterocycles. The molecule has 31 heavy (non-hydrogen) atoms. The molecule has 9 heteroatoms. The van der Waals surface area contributed by atoms with E-state index in [0.29, 0.717) is 13.1 Å². The number of nitrogens with zero attached hydrogens (tertiary/aromatic N) is 3. The summed E-state index contributed by atoms with van der Waals surface area (Å²) < 4.78 is 0. The van der Waals surface area contributed by atoms with E-state index >= 15 is 0 Å². The average molecular weight is 417 g/mol. The summed E-state index contributed by atoms with van der Waals surface area (Å²) in [4.78, 5) is 33.3. The van der Waals surface area contributed by atoms with Crippen molar-refractivity contribution in [3.8, 4) is 11.1 Å². The number of carbonyl (C=O) groups is 2. The fourth-order valence-electron chi connectivity index (χ4n) is 3.87. The Kier molecular flexibility index (Phi) is 5.74. The van der Waals surface area contributed by atoms with Crippen molar-refractivity contribution >= 4 is 35.1 Å². The molecule has 0 spiro atoms. The minimum Gasteiger partial charge on any atom is -0.343 e. The number of aromatic nitrogens is 4. The molecule has 0 radical (unpaired) electrons. The van der Waals surface area contributed by atoms with Gasteiger partial charge in [-0.1, -0.05) is 6.58 Å². The number of nitrogens with one attached hydrogen (secondary N) is 4. The maximum atomic E-state index is 12.4. The van der Waals surface area contributed by atoms with Gasteiger partial charge in [-0.25, -0.2) is 4.98 Å². The quantitative estimate of drug-likeness (QED) is 0.347. The highest BCUT2D eigenvalue weighted by Crippen LogP contribution is 2.34. The first-order valence-corrected chi connectivity index (χ1v) is 9.97. The van der Waals surface area contributed by atoms with Gasteiger partial charge in [-0.2, -0.15) is 5.10 Å². The predicted molar refractivity (Wildman–Crippen MR) is 119 cm³/mol. The van der Waals surface area contributed by atoms with E-state index in [1.807, 2.05) is 6.07 Å². The second-order valence-electron chi connectivity index (χ2n) is 7.32. The molecule has 0 aromatic carbocycles. The van der Waals surface area contributed by atoms with E-state index in [9.17, 15) is 9.59 Å². The van der Waals surface area contributed by atoms with Crippen molar-refractivity contribution in [2.24, 2.45) is 0 Å². The lowest BCUT2D eigenvalue weighted by molar-refractivity contribution is -0.131. The van der Waals surface area contributed by atoms with Crippen LogP contribution in [0.5, 0.6) is 0 Å². The highest BCUT2D eigenvalue weighted by atomic mass is 16.2. The van der Waals surface area contributed by atoms with Crippen LogP contribution in [-0.4, -0.2) is 62.7 Å². The van der Waals surface area contributed by atoms with Gasteiger partial charge in [0.15, 0.2) is 0 Å². The highest BCUT2D eigenvalue weighted by molar-refractivity contribution is 5.96. The van der Waals surface area contributed by atoms with E-state index in [1.165, 1.54) is 6.21 Å². The molecule has 4 heterocycles. The molecular formula is C22H23N7O2. The van der Waals surface area contributed by atoms with Crippen LogP contribution >= 0.6 is 0 Å². The Balaban J connectivity index is 1.55. The van der Waals surface area contributed by atoms with Crippen molar-refractivity contribution in [2.75, 3.05) is 19.6 Å². The van der Waals surface area contributed by atoms with Gasteiger partial charge < -0.3 is 20.6 Å². The van der Waals surface area contributed by atoms with Crippen LogP contribution in [0.4, 0.5) is 0 Å². The van der Waals surface area contributed by atoms with Gasteiger partial charge in [-0.05, 0) is 42.3 Å². The van der Waals surface area contributed by atoms with E-state index < -0.39 is 0 Å². The molecule has 4 rings (SSSR count). The van der Waals surface area contributed by atoms with Crippen molar-refractivity contribution in [3.05, 3.63) is 54.6 Å².